The minimum absolute atomic E-state index is 0.0328. The zero-order chi connectivity index (χ0) is 29.9. The number of aliphatic hydroxyl groups excluding tert-OH is 3. The Labute approximate surface area is 245 Å². The first kappa shape index (κ1) is 28.9. The molecule has 6 rings (SSSR count). The molecular weight excluding hydrogens is 536 g/mol. The second-order valence-electron chi connectivity index (χ2n) is 13.3. The van der Waals surface area contributed by atoms with E-state index in [9.17, 15) is 15.3 Å². The van der Waals surface area contributed by atoms with Crippen LogP contribution in [0.1, 0.15) is 77.6 Å². The Morgan fingerprint density at radius 1 is 1.14 bits per heavy atom. The van der Waals surface area contributed by atoms with Crippen molar-refractivity contribution in [2.24, 2.45) is 5.92 Å². The highest BCUT2D eigenvalue weighted by Gasteiger charge is 2.46. The van der Waals surface area contributed by atoms with Crippen LogP contribution in [0.5, 0.6) is 0 Å². The van der Waals surface area contributed by atoms with Gasteiger partial charge in [-0.25, -0.2) is 19.9 Å². The van der Waals surface area contributed by atoms with Gasteiger partial charge in [-0.05, 0) is 62.1 Å². The molecule has 4 aromatic rings. The number of anilines is 1. The van der Waals surface area contributed by atoms with Crippen LogP contribution in [0.25, 0.3) is 22.2 Å². The van der Waals surface area contributed by atoms with Crippen molar-refractivity contribution in [1.29, 1.82) is 0 Å². The Bertz CT molecular complexity index is 1560. The van der Waals surface area contributed by atoms with Gasteiger partial charge in [-0.3, -0.25) is 9.47 Å². The van der Waals surface area contributed by atoms with Crippen LogP contribution in [0.2, 0.25) is 0 Å². The molecule has 1 aliphatic carbocycles. The van der Waals surface area contributed by atoms with Gasteiger partial charge < -0.3 is 30.8 Å². The third-order valence-electron chi connectivity index (χ3n) is 8.97. The summed E-state index contributed by atoms with van der Waals surface area (Å²) in [6.45, 7) is 11.3. The maximum absolute atomic E-state index is 11.0. The molecule has 3 aromatic heterocycles. The van der Waals surface area contributed by atoms with E-state index in [1.165, 1.54) is 18.2 Å². The summed E-state index contributed by atoms with van der Waals surface area (Å²) >= 11 is 0. The van der Waals surface area contributed by atoms with Crippen LogP contribution in [0.3, 0.4) is 0 Å². The van der Waals surface area contributed by atoms with Crippen molar-refractivity contribution in [3.8, 4) is 0 Å². The van der Waals surface area contributed by atoms with Gasteiger partial charge in [-0.15, -0.1) is 0 Å². The van der Waals surface area contributed by atoms with Gasteiger partial charge in [0.1, 0.15) is 42.1 Å². The average molecular weight is 579 g/mol. The number of aromatic nitrogens is 6. The Balaban J connectivity index is 1.08. The van der Waals surface area contributed by atoms with Crippen LogP contribution in [0.4, 0.5) is 5.82 Å². The molecule has 6 N–H and O–H groups in total. The lowest BCUT2D eigenvalue weighted by Crippen LogP contribution is -2.52. The van der Waals surface area contributed by atoms with Gasteiger partial charge in [0.15, 0.2) is 17.7 Å². The number of hydrogen-bond donors (Lipinski definition) is 5. The van der Waals surface area contributed by atoms with Gasteiger partial charge in [0.25, 0.3) is 0 Å². The number of nitrogens with zero attached hydrogens (tertiary/aromatic N) is 6. The van der Waals surface area contributed by atoms with E-state index in [2.05, 4.69) is 71.6 Å². The summed E-state index contributed by atoms with van der Waals surface area (Å²) < 4.78 is 7.81. The van der Waals surface area contributed by atoms with Gasteiger partial charge in [0, 0.05) is 18.6 Å². The summed E-state index contributed by atoms with van der Waals surface area (Å²) in [6, 6.07) is 6.75. The van der Waals surface area contributed by atoms with Crippen molar-refractivity contribution in [1.82, 2.24) is 34.4 Å². The molecule has 0 radical (unpaired) electrons. The van der Waals surface area contributed by atoms with Crippen LogP contribution in [0, 0.1) is 5.92 Å². The largest absolute Gasteiger partial charge is 0.387 e. The lowest BCUT2D eigenvalue weighted by Gasteiger charge is -2.46. The Morgan fingerprint density at radius 3 is 2.62 bits per heavy atom. The lowest BCUT2D eigenvalue weighted by atomic mass is 9.75. The van der Waals surface area contributed by atoms with Crippen LogP contribution >= 0.6 is 0 Å². The minimum atomic E-state index is -1.15. The van der Waals surface area contributed by atoms with E-state index >= 15 is 0 Å². The fourth-order valence-corrected chi connectivity index (χ4v) is 6.40. The normalized spacial score (nSPS) is 27.4. The molecule has 0 amide bonds. The lowest BCUT2D eigenvalue weighted by molar-refractivity contribution is -0.0640. The summed E-state index contributed by atoms with van der Waals surface area (Å²) in [5.74, 6) is 1.22. The van der Waals surface area contributed by atoms with Crippen LogP contribution in [-0.2, 0) is 10.2 Å². The predicted molar refractivity (Wildman–Crippen MR) is 158 cm³/mol. The molecule has 2 aliphatic rings. The van der Waals surface area contributed by atoms with Crippen molar-refractivity contribution in [3.05, 3.63) is 42.2 Å². The van der Waals surface area contributed by atoms with Crippen molar-refractivity contribution in [3.63, 3.8) is 0 Å². The summed E-state index contributed by atoms with van der Waals surface area (Å²) in [4.78, 5) is 22.8. The summed E-state index contributed by atoms with van der Waals surface area (Å²) in [7, 11) is 0. The zero-order valence-electron chi connectivity index (χ0n) is 24.8. The number of ether oxygens (including phenoxy) is 1. The van der Waals surface area contributed by atoms with Crippen LogP contribution in [0.15, 0.2) is 30.9 Å². The molecule has 226 valence electrons. The number of hydrogen-bond acceptors (Lipinski definition) is 10. The Kier molecular flexibility index (Phi) is 7.47. The Morgan fingerprint density at radius 2 is 1.90 bits per heavy atom. The molecular formula is C30H42N8O4. The van der Waals surface area contributed by atoms with Gasteiger partial charge in [-0.2, -0.15) is 0 Å². The molecule has 12 nitrogen and oxygen atoms in total. The molecule has 12 heteroatoms. The summed E-state index contributed by atoms with van der Waals surface area (Å²) in [6.07, 6.45) is 1.03. The summed E-state index contributed by atoms with van der Waals surface area (Å²) in [5.41, 5.74) is 9.85. The second kappa shape index (κ2) is 10.8. The molecule has 1 aromatic carbocycles. The molecule has 4 heterocycles. The zero-order valence-corrected chi connectivity index (χ0v) is 24.8. The third-order valence-corrected chi connectivity index (χ3v) is 8.97. The van der Waals surface area contributed by atoms with E-state index in [-0.39, 0.29) is 17.3 Å². The number of rotatable bonds is 8. The fourth-order valence-electron chi connectivity index (χ4n) is 6.40. The SMILES string of the molecule is CC(C)N(C[C@H]1O[C@@H](n2cnc3c(N)ncnc32)[C@H](O)[C@@H]1O)[C@H]1C[C@H](C[C@H](O)c2nc3cc(C(C)(C)C)ccc3[nH]2)C1. The highest BCUT2D eigenvalue weighted by Crippen LogP contribution is 2.40. The Hall–Kier alpha value is -3.16. The number of aliphatic hydroxyl groups is 3. The minimum Gasteiger partial charge on any atom is -0.387 e. The standard InChI is InChI=1S/C30H42N8O4/c1-15(2)37(12-22-24(40)25(41)29(42-22)38-14-34-23-26(31)32-13-33-28(23)38)18-8-16(9-18)10-21(39)27-35-19-7-6-17(30(3,4)5)11-20(19)36-27/h6-7,11,13-16,18,21-22,24-25,29,39-41H,8-10,12H2,1-5H3,(H,35,36)(H2,31,32,33)/t16-,18-,21-,22+,24+,25+,29+/m0/s1. The fraction of sp³-hybridized carbons (Fsp3) is 0.600. The molecule has 0 bridgehead atoms. The van der Waals surface area contributed by atoms with Crippen molar-refractivity contribution in [2.75, 3.05) is 12.3 Å². The number of nitrogens with one attached hydrogen (secondary N) is 1. The number of H-pyrrole nitrogens is 1. The number of aromatic amines is 1. The smallest absolute Gasteiger partial charge is 0.167 e. The maximum Gasteiger partial charge on any atom is 0.167 e. The molecule has 42 heavy (non-hydrogen) atoms. The van der Waals surface area contributed by atoms with Gasteiger partial charge in [0.05, 0.1) is 17.4 Å². The second-order valence-corrected chi connectivity index (χ2v) is 13.3. The topological polar surface area (TPSA) is 171 Å². The van der Waals surface area contributed by atoms with Gasteiger partial charge in [-0.1, -0.05) is 26.8 Å². The van der Waals surface area contributed by atoms with Crippen molar-refractivity contribution < 1.29 is 20.1 Å². The number of nitrogen functional groups attached to an aromatic ring is 1. The monoisotopic (exact) mass is 578 g/mol. The maximum atomic E-state index is 11.0. The molecule has 0 spiro atoms. The van der Waals surface area contributed by atoms with Crippen LogP contribution < -0.4 is 5.73 Å². The molecule has 5 atom stereocenters. The van der Waals surface area contributed by atoms with Crippen molar-refractivity contribution >= 4 is 28.0 Å². The quantitative estimate of drug-likeness (QED) is 0.209. The van der Waals surface area contributed by atoms with Gasteiger partial charge in [0.2, 0.25) is 0 Å². The number of benzene rings is 1. The van der Waals surface area contributed by atoms with E-state index in [4.69, 9.17) is 15.5 Å². The van der Waals surface area contributed by atoms with Crippen molar-refractivity contribution in [2.45, 2.75) is 102 Å². The number of fused-ring (bicyclic) bond motifs is 2. The molecule has 0 unspecified atom stereocenters. The van der Waals surface area contributed by atoms with E-state index in [0.717, 1.165) is 23.9 Å². The average Bonchev–Trinajstić information content (AvgIpc) is 3.61. The highest BCUT2D eigenvalue weighted by molar-refractivity contribution is 5.81. The van der Waals surface area contributed by atoms with Crippen LogP contribution in [-0.4, -0.2) is 86.6 Å². The van der Waals surface area contributed by atoms with E-state index < -0.39 is 30.6 Å². The molecule has 1 aliphatic heterocycles. The first-order valence-electron chi connectivity index (χ1n) is 14.8. The number of nitrogens with two attached hydrogens (primary N) is 1. The predicted octanol–water partition coefficient (Wildman–Crippen LogP) is 2.81. The van der Waals surface area contributed by atoms with E-state index in [1.54, 1.807) is 4.57 Å². The molecule has 2 fully saturated rings. The highest BCUT2D eigenvalue weighted by atomic mass is 16.6. The first-order chi connectivity index (χ1) is 19.9. The van der Waals surface area contributed by atoms with E-state index in [0.29, 0.717) is 41.9 Å². The van der Waals surface area contributed by atoms with E-state index in [1.807, 2.05) is 6.07 Å². The number of imidazole rings is 2. The molecule has 1 saturated carbocycles. The third kappa shape index (κ3) is 5.26. The summed E-state index contributed by atoms with van der Waals surface area (Å²) in [5, 5.41) is 32.8. The first-order valence-corrected chi connectivity index (χ1v) is 14.8. The molecule has 1 saturated heterocycles. The van der Waals surface area contributed by atoms with Gasteiger partial charge >= 0.3 is 0 Å².